The number of phosphoric ester groups is 1. The second-order valence-corrected chi connectivity index (χ2v) is 18.9. The number of carbonyl (C=O) groups excluding carboxylic acids is 2. The predicted octanol–water partition coefficient (Wildman–Crippen LogP) is 13.0. The van der Waals surface area contributed by atoms with Crippen molar-refractivity contribution in [1.82, 2.24) is 0 Å². The van der Waals surface area contributed by atoms with Crippen molar-refractivity contribution in [2.24, 2.45) is 0 Å². The minimum absolute atomic E-state index is 0.0256. The molecule has 56 heavy (non-hydrogen) atoms. The molecule has 0 N–H and O–H groups in total. The van der Waals surface area contributed by atoms with Crippen molar-refractivity contribution in [3.8, 4) is 0 Å². The van der Waals surface area contributed by atoms with E-state index in [2.05, 4.69) is 13.8 Å². The normalized spacial score (nSPS) is 13.5. The van der Waals surface area contributed by atoms with Gasteiger partial charge in [-0.25, -0.2) is 0 Å². The van der Waals surface area contributed by atoms with Gasteiger partial charge in [0.15, 0.2) is 6.10 Å². The SMILES string of the molecule is CCCCCCCCCCCCCCCCCCCCCC(=O)OC[C@@H](COP(=O)([O-])OCC[N+](C)(C)C)OC(=O)CCCCCCCCCCCCCCC. The van der Waals surface area contributed by atoms with Gasteiger partial charge in [-0.05, 0) is 12.8 Å². The van der Waals surface area contributed by atoms with Crippen LogP contribution < -0.4 is 4.89 Å². The van der Waals surface area contributed by atoms with Crippen LogP contribution in [0.25, 0.3) is 0 Å². The molecule has 2 atom stereocenters. The fraction of sp³-hybridized carbons (Fsp3) is 0.957. The van der Waals surface area contributed by atoms with Gasteiger partial charge in [0.05, 0.1) is 27.7 Å². The molecule has 0 aromatic rings. The quantitative estimate of drug-likeness (QED) is 0.0259. The molecule has 0 spiro atoms. The van der Waals surface area contributed by atoms with Gasteiger partial charge in [0.25, 0.3) is 7.82 Å². The molecule has 9 nitrogen and oxygen atoms in total. The first kappa shape index (κ1) is 55.0. The standard InChI is InChI=1S/C46H92NO8P/c1-6-8-10-12-14-16-18-20-21-22-23-24-25-27-28-30-32-34-36-38-45(48)52-42-44(43-54-56(50,51)53-41-40-47(3,4)5)55-46(49)39-37-35-33-31-29-26-19-17-15-13-11-9-7-2/h44H,6-43H2,1-5H3/t44-/m0/s1. The summed E-state index contributed by atoms with van der Waals surface area (Å²) in [4.78, 5) is 37.6. The molecule has 0 amide bonds. The Bertz CT molecular complexity index is 927. The third-order valence-electron chi connectivity index (χ3n) is 10.6. The molecule has 0 aliphatic heterocycles. The Morgan fingerprint density at radius 2 is 0.804 bits per heavy atom. The highest BCUT2D eigenvalue weighted by molar-refractivity contribution is 7.45. The van der Waals surface area contributed by atoms with Crippen LogP contribution in [0.5, 0.6) is 0 Å². The lowest BCUT2D eigenvalue weighted by atomic mass is 10.0. The van der Waals surface area contributed by atoms with Gasteiger partial charge < -0.3 is 27.9 Å². The summed E-state index contributed by atoms with van der Waals surface area (Å²) in [5.74, 6) is -0.817. The summed E-state index contributed by atoms with van der Waals surface area (Å²) in [6.07, 6.45) is 39.8. The van der Waals surface area contributed by atoms with Gasteiger partial charge in [-0.1, -0.05) is 206 Å². The second kappa shape index (κ2) is 39.5. The lowest BCUT2D eigenvalue weighted by Crippen LogP contribution is -2.37. The number of phosphoric acid groups is 1. The smallest absolute Gasteiger partial charge is 0.306 e. The van der Waals surface area contributed by atoms with E-state index in [0.29, 0.717) is 17.4 Å². The van der Waals surface area contributed by atoms with Gasteiger partial charge in [-0.15, -0.1) is 0 Å². The number of hydrogen-bond donors (Lipinski definition) is 0. The van der Waals surface area contributed by atoms with Crippen molar-refractivity contribution in [2.45, 2.75) is 238 Å². The van der Waals surface area contributed by atoms with E-state index in [1.165, 1.54) is 167 Å². The van der Waals surface area contributed by atoms with Gasteiger partial charge in [-0.3, -0.25) is 14.2 Å². The number of hydrogen-bond acceptors (Lipinski definition) is 8. The van der Waals surface area contributed by atoms with Gasteiger partial charge in [0.2, 0.25) is 0 Å². The zero-order chi connectivity index (χ0) is 41.4. The molecule has 0 saturated heterocycles. The number of esters is 2. The molecule has 0 radical (unpaired) electrons. The molecule has 0 rings (SSSR count). The van der Waals surface area contributed by atoms with E-state index in [-0.39, 0.29) is 32.0 Å². The lowest BCUT2D eigenvalue weighted by Gasteiger charge is -2.28. The van der Waals surface area contributed by atoms with Crippen molar-refractivity contribution in [2.75, 3.05) is 47.5 Å². The largest absolute Gasteiger partial charge is 0.756 e. The first-order valence-electron chi connectivity index (χ1n) is 23.7. The zero-order valence-corrected chi connectivity index (χ0v) is 38.5. The third-order valence-corrected chi connectivity index (χ3v) is 11.6. The van der Waals surface area contributed by atoms with Crippen molar-refractivity contribution in [3.63, 3.8) is 0 Å². The van der Waals surface area contributed by atoms with Crippen molar-refractivity contribution in [1.29, 1.82) is 0 Å². The summed E-state index contributed by atoms with van der Waals surface area (Å²) in [7, 11) is 1.18. The minimum Gasteiger partial charge on any atom is -0.756 e. The van der Waals surface area contributed by atoms with Crippen LogP contribution in [0.15, 0.2) is 0 Å². The van der Waals surface area contributed by atoms with Crippen LogP contribution in [0.2, 0.25) is 0 Å². The maximum absolute atomic E-state index is 12.7. The van der Waals surface area contributed by atoms with Crippen molar-refractivity contribution >= 4 is 19.8 Å². The monoisotopic (exact) mass is 818 g/mol. The van der Waals surface area contributed by atoms with Gasteiger partial charge in [-0.2, -0.15) is 0 Å². The molecule has 1 unspecified atom stereocenters. The topological polar surface area (TPSA) is 111 Å². The van der Waals surface area contributed by atoms with Crippen LogP contribution in [-0.4, -0.2) is 70.0 Å². The Balaban J connectivity index is 4.22. The van der Waals surface area contributed by atoms with Crippen LogP contribution >= 0.6 is 7.82 Å². The fourth-order valence-corrected chi connectivity index (χ4v) is 7.62. The highest BCUT2D eigenvalue weighted by Gasteiger charge is 2.21. The van der Waals surface area contributed by atoms with Crippen molar-refractivity contribution in [3.05, 3.63) is 0 Å². The number of quaternary nitrogens is 1. The fourth-order valence-electron chi connectivity index (χ4n) is 6.89. The van der Waals surface area contributed by atoms with Gasteiger partial charge >= 0.3 is 11.9 Å². The first-order valence-corrected chi connectivity index (χ1v) is 25.2. The Kier molecular flexibility index (Phi) is 38.8. The lowest BCUT2D eigenvalue weighted by molar-refractivity contribution is -0.870. The molecule has 0 fully saturated rings. The molecule has 0 bridgehead atoms. The van der Waals surface area contributed by atoms with E-state index in [9.17, 15) is 19.0 Å². The average Bonchev–Trinajstić information content (AvgIpc) is 3.15. The number of carbonyl (C=O) groups is 2. The van der Waals surface area contributed by atoms with Crippen molar-refractivity contribution < 1.29 is 42.1 Å². The van der Waals surface area contributed by atoms with E-state index in [4.69, 9.17) is 18.5 Å². The summed E-state index contributed by atoms with van der Waals surface area (Å²) >= 11 is 0. The number of rotatable bonds is 44. The molecule has 0 aromatic heterocycles. The maximum atomic E-state index is 12.7. The number of ether oxygens (including phenoxy) is 2. The Morgan fingerprint density at radius 1 is 0.482 bits per heavy atom. The van der Waals surface area contributed by atoms with E-state index in [1.54, 1.807) is 0 Å². The van der Waals surface area contributed by atoms with E-state index in [0.717, 1.165) is 32.1 Å². The molecular formula is C46H92NO8P. The highest BCUT2D eigenvalue weighted by Crippen LogP contribution is 2.38. The number of likely N-dealkylation sites (N-methyl/N-ethyl adjacent to an activating group) is 1. The molecule has 0 saturated carbocycles. The molecule has 0 aliphatic rings. The molecule has 0 aliphatic carbocycles. The summed E-state index contributed by atoms with van der Waals surface area (Å²) in [6, 6.07) is 0. The van der Waals surface area contributed by atoms with E-state index >= 15 is 0 Å². The van der Waals surface area contributed by atoms with Crippen LogP contribution in [-0.2, 0) is 32.7 Å². The molecule has 10 heteroatoms. The predicted molar refractivity (Wildman–Crippen MR) is 232 cm³/mol. The van der Waals surface area contributed by atoms with Crippen LogP contribution in [0.4, 0.5) is 0 Å². The average molecular weight is 818 g/mol. The zero-order valence-electron chi connectivity index (χ0n) is 37.6. The molecule has 0 aromatic carbocycles. The Morgan fingerprint density at radius 3 is 1.14 bits per heavy atom. The van der Waals surface area contributed by atoms with E-state index in [1.807, 2.05) is 21.1 Å². The summed E-state index contributed by atoms with van der Waals surface area (Å²) < 4.78 is 34.0. The Labute approximate surface area is 346 Å². The van der Waals surface area contributed by atoms with Crippen LogP contribution in [0, 0.1) is 0 Å². The molecule has 0 heterocycles. The van der Waals surface area contributed by atoms with E-state index < -0.39 is 26.5 Å². The first-order chi connectivity index (χ1) is 27.0. The van der Waals surface area contributed by atoms with Crippen LogP contribution in [0.3, 0.4) is 0 Å². The summed E-state index contributed by atoms with van der Waals surface area (Å²) in [5, 5.41) is 0. The maximum Gasteiger partial charge on any atom is 0.306 e. The number of unbranched alkanes of at least 4 members (excludes halogenated alkanes) is 30. The van der Waals surface area contributed by atoms with Crippen LogP contribution in [0.1, 0.15) is 232 Å². The van der Waals surface area contributed by atoms with Gasteiger partial charge in [0, 0.05) is 12.8 Å². The third kappa shape index (κ3) is 42.6. The second-order valence-electron chi connectivity index (χ2n) is 17.5. The van der Waals surface area contributed by atoms with Gasteiger partial charge in [0.1, 0.15) is 19.8 Å². The molecular weight excluding hydrogens is 725 g/mol. The Hall–Kier alpha value is -0.990. The molecule has 334 valence electrons. The summed E-state index contributed by atoms with van der Waals surface area (Å²) in [5.41, 5.74) is 0. The minimum atomic E-state index is -4.62. The number of nitrogens with zero attached hydrogens (tertiary/aromatic N) is 1. The summed E-state index contributed by atoms with van der Waals surface area (Å²) in [6.45, 7) is 4.27. The highest BCUT2D eigenvalue weighted by atomic mass is 31.2.